The number of methoxy groups -OCH3 is 1. The van der Waals surface area contributed by atoms with Gasteiger partial charge in [-0.1, -0.05) is 18.9 Å². The van der Waals surface area contributed by atoms with Gasteiger partial charge >= 0.3 is 6.01 Å². The molecule has 2 aromatic heterocycles. The number of rotatable bonds is 3. The van der Waals surface area contributed by atoms with Crippen molar-refractivity contribution in [2.45, 2.75) is 6.92 Å². The first-order valence-electron chi connectivity index (χ1n) is 11.1. The van der Waals surface area contributed by atoms with Gasteiger partial charge in [0.25, 0.3) is 0 Å². The van der Waals surface area contributed by atoms with Gasteiger partial charge in [0.2, 0.25) is 0 Å². The Morgan fingerprint density at radius 1 is 1.26 bits per heavy atom. The Hall–Kier alpha value is -4.03. The van der Waals surface area contributed by atoms with Gasteiger partial charge in [-0.15, -0.1) is 6.42 Å². The lowest BCUT2D eigenvalue weighted by molar-refractivity contribution is 0.129. The fraction of sp³-hybridized carbons (Fsp3) is 0.269. The summed E-state index contributed by atoms with van der Waals surface area (Å²) in [7, 11) is 1.41. The van der Waals surface area contributed by atoms with Crippen LogP contribution in [0, 0.1) is 29.9 Å². The maximum absolute atomic E-state index is 16.1. The first-order chi connectivity index (χ1) is 16.9. The maximum Gasteiger partial charge on any atom is 0.318 e. The molecular formula is C26H22F2N4O3. The van der Waals surface area contributed by atoms with Crippen molar-refractivity contribution in [1.82, 2.24) is 15.0 Å². The van der Waals surface area contributed by atoms with E-state index in [1.807, 2.05) is 4.90 Å². The third-order valence-corrected chi connectivity index (χ3v) is 6.02. The summed E-state index contributed by atoms with van der Waals surface area (Å²) in [5, 5.41) is 11.4. The molecule has 0 bridgehead atoms. The fourth-order valence-electron chi connectivity index (χ4n) is 4.47. The van der Waals surface area contributed by atoms with Gasteiger partial charge in [0, 0.05) is 30.2 Å². The Morgan fingerprint density at radius 3 is 2.86 bits per heavy atom. The van der Waals surface area contributed by atoms with E-state index in [2.05, 4.69) is 27.8 Å². The smallest absolute Gasteiger partial charge is 0.318 e. The highest BCUT2D eigenvalue weighted by molar-refractivity contribution is 6.03. The zero-order valence-electron chi connectivity index (χ0n) is 19.2. The lowest BCUT2D eigenvalue weighted by atomic mass is 9.96. The van der Waals surface area contributed by atoms with E-state index in [-0.39, 0.29) is 45.4 Å². The second-order valence-corrected chi connectivity index (χ2v) is 8.50. The minimum Gasteiger partial charge on any atom is -0.508 e. The molecule has 5 rings (SSSR count). The van der Waals surface area contributed by atoms with Crippen LogP contribution in [0.5, 0.6) is 11.8 Å². The van der Waals surface area contributed by atoms with Crippen LogP contribution >= 0.6 is 0 Å². The average molecular weight is 476 g/mol. The number of hydrogen-bond donors (Lipinski definition) is 1. The molecule has 7 nitrogen and oxygen atoms in total. The minimum atomic E-state index is -0.761. The molecule has 3 heterocycles. The van der Waals surface area contributed by atoms with E-state index < -0.39 is 11.6 Å². The third kappa shape index (κ3) is 3.96. The SMILES string of the molecule is C#Cc1c(F)ccc2cc(O)cc(-c3ncc4c(N5CCOCC(C)C5)nc(OC)nc4c3F)c12. The van der Waals surface area contributed by atoms with E-state index in [0.29, 0.717) is 42.9 Å². The van der Waals surface area contributed by atoms with Crippen LogP contribution in [0.2, 0.25) is 0 Å². The lowest BCUT2D eigenvalue weighted by Gasteiger charge is -2.24. The van der Waals surface area contributed by atoms with Crippen LogP contribution < -0.4 is 9.64 Å². The highest BCUT2D eigenvalue weighted by Gasteiger charge is 2.25. The molecule has 4 aromatic rings. The van der Waals surface area contributed by atoms with Gasteiger partial charge in [0.05, 0.1) is 31.3 Å². The fourth-order valence-corrected chi connectivity index (χ4v) is 4.47. The first-order valence-corrected chi connectivity index (χ1v) is 11.1. The number of benzene rings is 2. The molecule has 1 aliphatic rings. The summed E-state index contributed by atoms with van der Waals surface area (Å²) in [4.78, 5) is 15.1. The van der Waals surface area contributed by atoms with Crippen LogP contribution in [-0.2, 0) is 4.74 Å². The number of anilines is 1. The second kappa shape index (κ2) is 8.96. The highest BCUT2D eigenvalue weighted by atomic mass is 19.1. The number of halogens is 2. The van der Waals surface area contributed by atoms with Gasteiger partial charge in [-0.05, 0) is 29.5 Å². The van der Waals surface area contributed by atoms with Crippen molar-refractivity contribution in [3.63, 3.8) is 0 Å². The summed E-state index contributed by atoms with van der Waals surface area (Å²) in [6.45, 7) is 4.39. The largest absolute Gasteiger partial charge is 0.508 e. The van der Waals surface area contributed by atoms with Crippen molar-refractivity contribution in [3.05, 3.63) is 47.7 Å². The summed E-state index contributed by atoms with van der Waals surface area (Å²) in [6.07, 6.45) is 7.05. The number of aromatic nitrogens is 3. The average Bonchev–Trinajstić information content (AvgIpc) is 3.07. The van der Waals surface area contributed by atoms with Gasteiger partial charge in [-0.25, -0.2) is 8.78 Å². The molecule has 1 N–H and O–H groups in total. The van der Waals surface area contributed by atoms with E-state index in [4.69, 9.17) is 15.9 Å². The van der Waals surface area contributed by atoms with Crippen LogP contribution in [0.1, 0.15) is 12.5 Å². The predicted molar refractivity (Wildman–Crippen MR) is 129 cm³/mol. The summed E-state index contributed by atoms with van der Waals surface area (Å²) < 4.78 is 41.5. The number of fused-ring (bicyclic) bond motifs is 2. The normalized spacial score (nSPS) is 16.3. The van der Waals surface area contributed by atoms with Crippen LogP contribution in [0.25, 0.3) is 32.9 Å². The van der Waals surface area contributed by atoms with E-state index in [1.165, 1.54) is 37.6 Å². The van der Waals surface area contributed by atoms with Gasteiger partial charge in [-0.3, -0.25) is 4.98 Å². The van der Waals surface area contributed by atoms with Crippen molar-refractivity contribution in [2.75, 3.05) is 38.3 Å². The standard InChI is InChI=1S/C26H22F2N4O3/c1-4-17-20(27)6-5-15-9-16(33)10-18(21(15)17)23-22(28)24-19(11-29-23)25(31-26(30-24)34-3)32-7-8-35-13-14(2)12-32/h1,5-6,9-11,14,33H,7-8,12-13H2,2-3H3. The van der Waals surface area contributed by atoms with E-state index in [0.717, 1.165) is 0 Å². The molecule has 9 heteroatoms. The lowest BCUT2D eigenvalue weighted by Crippen LogP contribution is -2.30. The molecule has 0 aliphatic carbocycles. The monoisotopic (exact) mass is 476 g/mol. The zero-order chi connectivity index (χ0) is 24.7. The van der Waals surface area contributed by atoms with Gasteiger partial charge in [0.15, 0.2) is 5.82 Å². The number of pyridine rings is 1. The maximum atomic E-state index is 16.1. The van der Waals surface area contributed by atoms with Crippen molar-refractivity contribution < 1.29 is 23.4 Å². The Morgan fingerprint density at radius 2 is 2.09 bits per heavy atom. The summed E-state index contributed by atoms with van der Waals surface area (Å²) in [6, 6.07) is 5.43. The molecule has 178 valence electrons. The summed E-state index contributed by atoms with van der Waals surface area (Å²) >= 11 is 0. The minimum absolute atomic E-state index is 0.00232. The number of ether oxygens (including phenoxy) is 2. The van der Waals surface area contributed by atoms with Gasteiger partial charge in [-0.2, -0.15) is 9.97 Å². The molecule has 0 saturated carbocycles. The molecular weight excluding hydrogens is 454 g/mol. The topological polar surface area (TPSA) is 80.6 Å². The molecule has 2 aromatic carbocycles. The van der Waals surface area contributed by atoms with Crippen LogP contribution in [0.3, 0.4) is 0 Å². The highest BCUT2D eigenvalue weighted by Crippen LogP contribution is 2.38. The first kappa shape index (κ1) is 22.7. The molecule has 0 amide bonds. The van der Waals surface area contributed by atoms with Gasteiger partial charge < -0.3 is 19.5 Å². The summed E-state index contributed by atoms with van der Waals surface area (Å²) in [5.74, 6) is 1.53. The molecule has 0 spiro atoms. The number of hydrogen-bond acceptors (Lipinski definition) is 7. The molecule has 1 unspecified atom stereocenters. The van der Waals surface area contributed by atoms with E-state index in [1.54, 1.807) is 0 Å². The van der Waals surface area contributed by atoms with Gasteiger partial charge in [0.1, 0.15) is 28.6 Å². The second-order valence-electron chi connectivity index (χ2n) is 8.50. The van der Waals surface area contributed by atoms with Crippen molar-refractivity contribution >= 4 is 27.5 Å². The number of phenols is 1. The molecule has 1 atom stereocenters. The summed E-state index contributed by atoms with van der Waals surface area (Å²) in [5.41, 5.74) is -0.0225. The van der Waals surface area contributed by atoms with Crippen LogP contribution in [0.15, 0.2) is 30.5 Å². The Labute approximate surface area is 200 Å². The molecule has 0 radical (unpaired) electrons. The van der Waals surface area contributed by atoms with Crippen molar-refractivity contribution in [3.8, 4) is 35.4 Å². The molecule has 1 aliphatic heterocycles. The Kier molecular flexibility index (Phi) is 5.83. The van der Waals surface area contributed by atoms with Crippen LogP contribution in [0.4, 0.5) is 14.6 Å². The van der Waals surface area contributed by atoms with Crippen LogP contribution in [-0.4, -0.2) is 53.5 Å². The number of terminal acetylenes is 1. The number of phenolic OH excluding ortho intramolecular Hbond substituents is 1. The predicted octanol–water partition coefficient (Wildman–Crippen LogP) is 4.29. The Balaban J connectivity index is 1.78. The zero-order valence-corrected chi connectivity index (χ0v) is 19.2. The quantitative estimate of drug-likeness (QED) is 0.442. The van der Waals surface area contributed by atoms with Crippen molar-refractivity contribution in [1.29, 1.82) is 0 Å². The molecule has 1 saturated heterocycles. The molecule has 35 heavy (non-hydrogen) atoms. The van der Waals surface area contributed by atoms with Crippen molar-refractivity contribution in [2.24, 2.45) is 5.92 Å². The third-order valence-electron chi connectivity index (χ3n) is 6.02. The number of nitrogens with zero attached hydrogens (tertiary/aromatic N) is 4. The molecule has 1 fully saturated rings. The Bertz CT molecular complexity index is 1500. The number of aromatic hydroxyl groups is 1. The van der Waals surface area contributed by atoms with E-state index in [9.17, 15) is 9.50 Å². The van der Waals surface area contributed by atoms with E-state index >= 15 is 4.39 Å².